The van der Waals surface area contributed by atoms with Gasteiger partial charge in [0.2, 0.25) is 6.10 Å². The van der Waals surface area contributed by atoms with Crippen LogP contribution in [0, 0.1) is 0 Å². The maximum atomic E-state index is 12.0. The summed E-state index contributed by atoms with van der Waals surface area (Å²) in [5.74, 6) is -2.09. The van der Waals surface area contributed by atoms with E-state index < -0.39 is 30.8 Å². The lowest BCUT2D eigenvalue weighted by Gasteiger charge is -2.16. The number of ether oxygens (including phenoxy) is 3. The zero-order valence-corrected chi connectivity index (χ0v) is 15.0. The molecule has 0 radical (unpaired) electrons. The van der Waals surface area contributed by atoms with Crippen molar-refractivity contribution in [1.29, 1.82) is 0 Å². The Labute approximate surface area is 153 Å². The third kappa shape index (κ3) is 9.17. The fourth-order valence-electron chi connectivity index (χ4n) is 2.24. The van der Waals surface area contributed by atoms with Crippen molar-refractivity contribution in [2.24, 2.45) is 0 Å². The van der Waals surface area contributed by atoms with E-state index in [9.17, 15) is 14.4 Å². The molecule has 0 aliphatic heterocycles. The van der Waals surface area contributed by atoms with Gasteiger partial charge in [0, 0.05) is 0 Å². The van der Waals surface area contributed by atoms with Crippen LogP contribution in [-0.2, 0) is 30.4 Å². The van der Waals surface area contributed by atoms with Crippen LogP contribution in [0.25, 0.3) is 0 Å². The van der Waals surface area contributed by atoms with Gasteiger partial charge in [0.25, 0.3) is 0 Å². The van der Waals surface area contributed by atoms with Gasteiger partial charge in [-0.3, -0.25) is 0 Å². The van der Waals surface area contributed by atoms with E-state index in [1.165, 1.54) is 0 Å². The number of hydrogen-bond acceptors (Lipinski definition) is 7. The molecular weight excluding hydrogens is 340 g/mol. The third-order valence-corrected chi connectivity index (χ3v) is 3.61. The Morgan fingerprint density at radius 2 is 1.73 bits per heavy atom. The van der Waals surface area contributed by atoms with E-state index in [0.29, 0.717) is 6.42 Å². The Morgan fingerprint density at radius 1 is 1.04 bits per heavy atom. The van der Waals surface area contributed by atoms with Gasteiger partial charge in [-0.15, -0.1) is 0 Å². The lowest BCUT2D eigenvalue weighted by atomic mass is 10.1. The van der Waals surface area contributed by atoms with Gasteiger partial charge in [0.1, 0.15) is 13.2 Å². The molecule has 1 atom stereocenters. The number of rotatable bonds is 11. The van der Waals surface area contributed by atoms with E-state index in [-0.39, 0.29) is 13.0 Å². The van der Waals surface area contributed by atoms with Crippen LogP contribution in [0.2, 0.25) is 0 Å². The van der Waals surface area contributed by atoms with Gasteiger partial charge in [-0.05, 0) is 18.4 Å². The topological polar surface area (TPSA) is 99.1 Å². The highest BCUT2D eigenvalue weighted by Crippen LogP contribution is 2.13. The van der Waals surface area contributed by atoms with Gasteiger partial charge < -0.3 is 19.3 Å². The molecule has 0 bridgehead atoms. The molecule has 1 aromatic rings. The summed E-state index contributed by atoms with van der Waals surface area (Å²) < 4.78 is 14.4. The minimum atomic E-state index is -1.24. The van der Waals surface area contributed by atoms with Gasteiger partial charge >= 0.3 is 18.1 Å². The minimum absolute atomic E-state index is 0.00745. The number of hydrogen-bond donors (Lipinski definition) is 1. The van der Waals surface area contributed by atoms with Crippen molar-refractivity contribution in [2.45, 2.75) is 58.2 Å². The van der Waals surface area contributed by atoms with Gasteiger partial charge in [0.05, 0.1) is 0 Å². The van der Waals surface area contributed by atoms with Crippen LogP contribution >= 0.6 is 0 Å². The van der Waals surface area contributed by atoms with Crippen molar-refractivity contribution in [1.82, 2.24) is 0 Å². The molecule has 0 fully saturated rings. The van der Waals surface area contributed by atoms with Crippen LogP contribution < -0.4 is 0 Å². The summed E-state index contributed by atoms with van der Waals surface area (Å²) in [6.45, 7) is 1.17. The number of esters is 2. The van der Waals surface area contributed by atoms with Crippen LogP contribution in [0.15, 0.2) is 30.3 Å². The Morgan fingerprint density at radius 3 is 2.38 bits per heavy atom. The molecule has 1 aromatic carbocycles. The second-order valence-electron chi connectivity index (χ2n) is 5.78. The van der Waals surface area contributed by atoms with Crippen molar-refractivity contribution in [2.75, 3.05) is 6.61 Å². The summed E-state index contributed by atoms with van der Waals surface area (Å²) >= 11 is 0. The van der Waals surface area contributed by atoms with Gasteiger partial charge in [0.15, 0.2) is 0 Å². The first-order chi connectivity index (χ1) is 12.6. The Balaban J connectivity index is 2.51. The molecule has 0 aliphatic rings. The molecule has 0 amide bonds. The maximum absolute atomic E-state index is 12.0. The fraction of sp³-hybridized carbons (Fsp3) is 0.526. The fourth-order valence-corrected chi connectivity index (χ4v) is 2.24. The van der Waals surface area contributed by atoms with Gasteiger partial charge in [-0.1, -0.05) is 62.9 Å². The predicted octanol–water partition coefficient (Wildman–Crippen LogP) is 3.13. The standard InChI is InChI=1S/C19H26O7/c1-2-3-4-5-9-12-16(18(22)26-17(21)13-20)25-19(23)24-14-15-10-7-6-8-11-15/h6-8,10-11,16,20H,2-5,9,12-14H2,1H3. The molecular formula is C19H26O7. The van der Waals surface area contributed by atoms with Gasteiger partial charge in [-0.2, -0.15) is 0 Å². The molecule has 26 heavy (non-hydrogen) atoms. The summed E-state index contributed by atoms with van der Waals surface area (Å²) in [6, 6.07) is 9.02. The summed E-state index contributed by atoms with van der Waals surface area (Å²) in [5, 5.41) is 8.67. The molecule has 0 spiro atoms. The van der Waals surface area contributed by atoms with E-state index in [1.807, 2.05) is 6.07 Å². The van der Waals surface area contributed by atoms with Gasteiger partial charge in [-0.25, -0.2) is 14.4 Å². The Kier molecular flexibility index (Phi) is 10.7. The molecule has 1 N–H and O–H groups in total. The number of aliphatic hydroxyl groups excluding tert-OH is 1. The van der Waals surface area contributed by atoms with E-state index in [4.69, 9.17) is 14.6 Å². The molecule has 0 aromatic heterocycles. The molecule has 7 heteroatoms. The normalized spacial score (nSPS) is 11.5. The maximum Gasteiger partial charge on any atom is 0.509 e. The Bertz CT molecular complexity index is 556. The zero-order valence-electron chi connectivity index (χ0n) is 15.0. The summed E-state index contributed by atoms with van der Waals surface area (Å²) in [4.78, 5) is 34.9. The minimum Gasteiger partial charge on any atom is -0.429 e. The number of carbonyl (C=O) groups excluding carboxylic acids is 3. The largest absolute Gasteiger partial charge is 0.509 e. The average Bonchev–Trinajstić information content (AvgIpc) is 2.65. The van der Waals surface area contributed by atoms with E-state index >= 15 is 0 Å². The average molecular weight is 366 g/mol. The number of carbonyl (C=O) groups is 3. The lowest BCUT2D eigenvalue weighted by Crippen LogP contribution is -2.32. The highest BCUT2D eigenvalue weighted by Gasteiger charge is 2.27. The third-order valence-electron chi connectivity index (χ3n) is 3.61. The molecule has 1 unspecified atom stereocenters. The highest BCUT2D eigenvalue weighted by molar-refractivity contribution is 5.89. The predicted molar refractivity (Wildman–Crippen MR) is 93.1 cm³/mol. The molecule has 0 saturated heterocycles. The molecule has 144 valence electrons. The van der Waals surface area contributed by atoms with E-state index in [0.717, 1.165) is 31.2 Å². The van der Waals surface area contributed by atoms with Crippen molar-refractivity contribution < 1.29 is 33.7 Å². The smallest absolute Gasteiger partial charge is 0.429 e. The van der Waals surface area contributed by atoms with E-state index in [1.54, 1.807) is 24.3 Å². The monoisotopic (exact) mass is 366 g/mol. The SMILES string of the molecule is CCCCCCCC(OC(=O)OCc1ccccc1)C(=O)OC(=O)CO. The van der Waals surface area contributed by atoms with E-state index in [2.05, 4.69) is 11.7 Å². The van der Waals surface area contributed by atoms with Crippen molar-refractivity contribution in [3.8, 4) is 0 Å². The second kappa shape index (κ2) is 12.9. The van der Waals surface area contributed by atoms with Crippen molar-refractivity contribution in [3.05, 3.63) is 35.9 Å². The molecule has 0 aliphatic carbocycles. The summed E-state index contributed by atoms with van der Waals surface area (Å²) in [6.07, 6.45) is 2.65. The first kappa shape index (κ1) is 21.6. The molecule has 7 nitrogen and oxygen atoms in total. The van der Waals surface area contributed by atoms with Crippen molar-refractivity contribution >= 4 is 18.1 Å². The first-order valence-electron chi connectivity index (χ1n) is 8.79. The number of aliphatic hydroxyl groups is 1. The molecule has 0 heterocycles. The second-order valence-corrected chi connectivity index (χ2v) is 5.78. The lowest BCUT2D eigenvalue weighted by molar-refractivity contribution is -0.168. The van der Waals surface area contributed by atoms with Crippen molar-refractivity contribution in [3.63, 3.8) is 0 Å². The quantitative estimate of drug-likeness (QED) is 0.365. The number of unbranched alkanes of at least 4 members (excludes halogenated alkanes) is 4. The Hall–Kier alpha value is -2.41. The first-order valence-corrected chi connectivity index (χ1v) is 8.79. The molecule has 0 saturated carbocycles. The van der Waals surface area contributed by atoms with Crippen LogP contribution in [0.3, 0.4) is 0 Å². The van der Waals surface area contributed by atoms with Crippen LogP contribution in [0.5, 0.6) is 0 Å². The summed E-state index contributed by atoms with van der Waals surface area (Å²) in [7, 11) is 0. The van der Waals surface area contributed by atoms with Crippen LogP contribution in [0.4, 0.5) is 4.79 Å². The van der Waals surface area contributed by atoms with Crippen LogP contribution in [-0.4, -0.2) is 35.9 Å². The molecule has 1 rings (SSSR count). The number of benzene rings is 1. The summed E-state index contributed by atoms with van der Waals surface area (Å²) in [5.41, 5.74) is 0.776. The van der Waals surface area contributed by atoms with Crippen LogP contribution in [0.1, 0.15) is 51.0 Å². The highest BCUT2D eigenvalue weighted by atomic mass is 16.7. The zero-order chi connectivity index (χ0) is 19.2.